The topological polar surface area (TPSA) is 42.4 Å². The van der Waals surface area contributed by atoms with Gasteiger partial charge >= 0.3 is 0 Å². The monoisotopic (exact) mass is 342 g/mol. The summed E-state index contributed by atoms with van der Waals surface area (Å²) in [4.78, 5) is 18.8. The van der Waals surface area contributed by atoms with E-state index in [1.54, 1.807) is 18.3 Å². The van der Waals surface area contributed by atoms with Crippen LogP contribution in [0.5, 0.6) is 5.88 Å². The zero-order valence-electron chi connectivity index (χ0n) is 14.5. The van der Waals surface area contributed by atoms with E-state index in [-0.39, 0.29) is 11.7 Å². The molecule has 1 fully saturated rings. The number of hydrogen-bond acceptors (Lipinski definition) is 3. The van der Waals surface area contributed by atoms with Crippen molar-refractivity contribution >= 4 is 5.91 Å². The van der Waals surface area contributed by atoms with E-state index in [4.69, 9.17) is 4.74 Å². The Morgan fingerprint density at radius 2 is 2.12 bits per heavy atom. The zero-order valence-corrected chi connectivity index (χ0v) is 14.5. The molecule has 2 heterocycles. The molecule has 0 bridgehead atoms. The highest BCUT2D eigenvalue weighted by Gasteiger charge is 2.26. The minimum Gasteiger partial charge on any atom is -0.480 e. The molecule has 1 aromatic carbocycles. The average molecular weight is 342 g/mol. The number of rotatable bonds is 5. The van der Waals surface area contributed by atoms with Crippen molar-refractivity contribution in [2.24, 2.45) is 5.92 Å². The Morgan fingerprint density at radius 1 is 1.32 bits per heavy atom. The average Bonchev–Trinajstić information content (AvgIpc) is 2.67. The highest BCUT2D eigenvalue weighted by atomic mass is 19.1. The maximum atomic E-state index is 13.0. The fourth-order valence-electron chi connectivity index (χ4n) is 3.39. The van der Waals surface area contributed by atoms with E-state index in [0.29, 0.717) is 17.4 Å². The summed E-state index contributed by atoms with van der Waals surface area (Å²) in [6, 6.07) is 10.2. The maximum Gasteiger partial charge on any atom is 0.259 e. The van der Waals surface area contributed by atoms with Crippen molar-refractivity contribution in [2.75, 3.05) is 20.2 Å². The molecule has 0 spiro atoms. The number of likely N-dealkylation sites (tertiary alicyclic amines) is 1. The number of ether oxygens (including phenoxy) is 1. The summed E-state index contributed by atoms with van der Waals surface area (Å²) in [5.74, 6) is 0.617. The number of aromatic nitrogens is 1. The lowest BCUT2D eigenvalue weighted by Gasteiger charge is -2.33. The van der Waals surface area contributed by atoms with Crippen molar-refractivity contribution < 1.29 is 13.9 Å². The lowest BCUT2D eigenvalue weighted by Crippen LogP contribution is -2.40. The van der Waals surface area contributed by atoms with Crippen molar-refractivity contribution in [3.8, 4) is 5.88 Å². The molecule has 1 saturated heterocycles. The first kappa shape index (κ1) is 17.4. The van der Waals surface area contributed by atoms with Crippen LogP contribution in [0.1, 0.15) is 35.2 Å². The number of amides is 1. The van der Waals surface area contributed by atoms with Crippen LogP contribution in [0.2, 0.25) is 0 Å². The molecule has 0 radical (unpaired) electrons. The number of hydrogen-bond donors (Lipinski definition) is 0. The molecule has 0 unspecified atom stereocenters. The molecular weight excluding hydrogens is 319 g/mol. The summed E-state index contributed by atoms with van der Waals surface area (Å²) in [5, 5.41) is 0. The van der Waals surface area contributed by atoms with Crippen LogP contribution in [0, 0.1) is 11.7 Å². The Bertz CT molecular complexity index is 718. The van der Waals surface area contributed by atoms with Gasteiger partial charge in [0, 0.05) is 19.3 Å². The maximum absolute atomic E-state index is 13.0. The molecule has 4 nitrogen and oxygen atoms in total. The van der Waals surface area contributed by atoms with Gasteiger partial charge in [0.2, 0.25) is 5.88 Å². The van der Waals surface area contributed by atoms with Crippen LogP contribution in [0.25, 0.3) is 0 Å². The van der Waals surface area contributed by atoms with Crippen LogP contribution in [-0.2, 0) is 6.42 Å². The summed E-state index contributed by atoms with van der Waals surface area (Å²) in [5.41, 5.74) is 1.66. The molecule has 0 saturated carbocycles. The fraction of sp³-hybridized carbons (Fsp3) is 0.400. The molecule has 25 heavy (non-hydrogen) atoms. The first-order valence-corrected chi connectivity index (χ1v) is 8.70. The predicted molar refractivity (Wildman–Crippen MR) is 94.1 cm³/mol. The minimum absolute atomic E-state index is 0.0172. The summed E-state index contributed by atoms with van der Waals surface area (Å²) in [6.45, 7) is 1.52. The van der Waals surface area contributed by atoms with E-state index in [1.165, 1.54) is 19.2 Å². The van der Waals surface area contributed by atoms with Crippen molar-refractivity contribution in [3.05, 3.63) is 59.5 Å². The third-order valence-corrected chi connectivity index (χ3v) is 4.76. The summed E-state index contributed by atoms with van der Waals surface area (Å²) in [6.07, 6.45) is 5.65. The number of carbonyl (C=O) groups excluding carboxylic acids is 1. The van der Waals surface area contributed by atoms with Crippen molar-refractivity contribution in [2.45, 2.75) is 25.7 Å². The zero-order chi connectivity index (χ0) is 17.6. The number of nitrogens with zero attached hydrogens (tertiary/aromatic N) is 2. The third kappa shape index (κ3) is 4.35. The van der Waals surface area contributed by atoms with E-state index >= 15 is 0 Å². The van der Waals surface area contributed by atoms with Crippen LogP contribution in [0.15, 0.2) is 42.6 Å². The molecule has 0 aliphatic carbocycles. The van der Waals surface area contributed by atoms with Gasteiger partial charge in [0.05, 0.1) is 7.11 Å². The van der Waals surface area contributed by atoms with Crippen LogP contribution in [0.3, 0.4) is 0 Å². The fourth-order valence-corrected chi connectivity index (χ4v) is 3.39. The van der Waals surface area contributed by atoms with Crippen molar-refractivity contribution in [1.29, 1.82) is 0 Å². The second-order valence-corrected chi connectivity index (χ2v) is 6.48. The third-order valence-electron chi connectivity index (χ3n) is 4.76. The van der Waals surface area contributed by atoms with E-state index < -0.39 is 0 Å². The summed E-state index contributed by atoms with van der Waals surface area (Å²) in [7, 11) is 1.53. The summed E-state index contributed by atoms with van der Waals surface area (Å²) >= 11 is 0. The molecule has 1 amide bonds. The predicted octanol–water partition coefficient (Wildman–Crippen LogP) is 3.71. The van der Waals surface area contributed by atoms with E-state index in [0.717, 1.165) is 44.3 Å². The van der Waals surface area contributed by atoms with Gasteiger partial charge in [-0.15, -0.1) is 0 Å². The molecule has 132 valence electrons. The van der Waals surface area contributed by atoms with Gasteiger partial charge in [-0.1, -0.05) is 12.1 Å². The van der Waals surface area contributed by atoms with Gasteiger partial charge in [-0.3, -0.25) is 4.79 Å². The first-order valence-electron chi connectivity index (χ1n) is 8.70. The Morgan fingerprint density at radius 3 is 2.88 bits per heavy atom. The van der Waals surface area contributed by atoms with Gasteiger partial charge in [-0.05, 0) is 61.4 Å². The number of methoxy groups -OCH3 is 1. The lowest BCUT2D eigenvalue weighted by molar-refractivity contribution is 0.0664. The molecule has 5 heteroatoms. The van der Waals surface area contributed by atoms with Crippen LogP contribution >= 0.6 is 0 Å². The standard InChI is InChI=1S/C20H23FN2O2/c1-25-19-18(5-2-12-22-19)20(24)23-13-3-4-16(14-23)7-6-15-8-10-17(21)11-9-15/h2,5,8-12,16H,3-4,6-7,13-14H2,1H3/t16-/m0/s1. The molecule has 2 aromatic rings. The smallest absolute Gasteiger partial charge is 0.259 e. The Balaban J connectivity index is 1.60. The van der Waals surface area contributed by atoms with Gasteiger partial charge in [-0.2, -0.15) is 0 Å². The SMILES string of the molecule is COc1ncccc1C(=O)N1CCC[C@@H](CCc2ccc(F)cc2)C1. The second kappa shape index (κ2) is 8.10. The minimum atomic E-state index is -0.205. The highest BCUT2D eigenvalue weighted by molar-refractivity contribution is 5.96. The molecule has 1 aromatic heterocycles. The van der Waals surface area contributed by atoms with Gasteiger partial charge in [0.15, 0.2) is 0 Å². The van der Waals surface area contributed by atoms with Gasteiger partial charge in [-0.25, -0.2) is 9.37 Å². The van der Waals surface area contributed by atoms with E-state index in [1.807, 2.05) is 17.0 Å². The van der Waals surface area contributed by atoms with Crippen molar-refractivity contribution in [1.82, 2.24) is 9.88 Å². The van der Waals surface area contributed by atoms with Crippen LogP contribution < -0.4 is 4.74 Å². The van der Waals surface area contributed by atoms with Gasteiger partial charge in [0.1, 0.15) is 11.4 Å². The normalized spacial score (nSPS) is 17.4. The quantitative estimate of drug-likeness (QED) is 0.832. The first-order chi connectivity index (χ1) is 12.2. The Hall–Kier alpha value is -2.43. The highest BCUT2D eigenvalue weighted by Crippen LogP contribution is 2.25. The van der Waals surface area contributed by atoms with Crippen molar-refractivity contribution in [3.63, 3.8) is 0 Å². The molecule has 0 N–H and O–H groups in total. The van der Waals surface area contributed by atoms with Gasteiger partial charge in [0.25, 0.3) is 5.91 Å². The molecule has 1 aliphatic rings. The molecule has 1 atom stereocenters. The number of benzene rings is 1. The van der Waals surface area contributed by atoms with Crippen LogP contribution in [0.4, 0.5) is 4.39 Å². The number of pyridine rings is 1. The number of piperidine rings is 1. The lowest BCUT2D eigenvalue weighted by atomic mass is 9.91. The number of carbonyl (C=O) groups is 1. The number of halogens is 1. The number of aryl methyl sites for hydroxylation is 1. The van der Waals surface area contributed by atoms with Gasteiger partial charge < -0.3 is 9.64 Å². The molecule has 1 aliphatic heterocycles. The second-order valence-electron chi connectivity index (χ2n) is 6.48. The Kier molecular flexibility index (Phi) is 5.64. The summed E-state index contributed by atoms with van der Waals surface area (Å²) < 4.78 is 18.2. The largest absolute Gasteiger partial charge is 0.480 e. The Labute approximate surface area is 147 Å². The van der Waals surface area contributed by atoms with E-state index in [2.05, 4.69) is 4.98 Å². The molecule has 3 rings (SSSR count). The molecular formula is C20H23FN2O2. The van der Waals surface area contributed by atoms with Crippen LogP contribution in [-0.4, -0.2) is 36.0 Å². The van der Waals surface area contributed by atoms with E-state index in [9.17, 15) is 9.18 Å².